The average Bonchev–Trinajstić information content (AvgIpc) is 3.18. The molecule has 0 saturated carbocycles. The molecule has 0 unspecified atom stereocenters. The fourth-order valence-electron chi connectivity index (χ4n) is 2.48. The van der Waals surface area contributed by atoms with E-state index in [4.69, 9.17) is 0 Å². The van der Waals surface area contributed by atoms with Crippen molar-refractivity contribution >= 4 is 32.0 Å². The minimum absolute atomic E-state index is 0.225. The Kier molecular flexibility index (Phi) is 3.97. The molecule has 0 saturated heterocycles. The lowest BCUT2D eigenvalue weighted by Gasteiger charge is -2.09. The molecule has 4 aromatic rings. The maximum atomic E-state index is 12.6. The summed E-state index contributed by atoms with van der Waals surface area (Å²) in [6, 6.07) is 13.9. The van der Waals surface area contributed by atoms with Gasteiger partial charge in [0, 0.05) is 11.3 Å². The summed E-state index contributed by atoms with van der Waals surface area (Å²) in [5, 5.41) is 13.2. The van der Waals surface area contributed by atoms with Crippen LogP contribution < -0.4 is 4.72 Å². The second kappa shape index (κ2) is 6.19. The fraction of sp³-hybridized carbons (Fsp3) is 0.118. The van der Waals surface area contributed by atoms with Gasteiger partial charge in [-0.1, -0.05) is 41.2 Å². The number of rotatable bonds is 4. The van der Waals surface area contributed by atoms with E-state index in [0.717, 1.165) is 16.1 Å². The largest absolute Gasteiger partial charge is 0.280 e. The van der Waals surface area contributed by atoms with Crippen molar-refractivity contribution < 1.29 is 8.42 Å². The Morgan fingerprint density at radius 3 is 2.54 bits per heavy atom. The highest BCUT2D eigenvalue weighted by atomic mass is 32.2. The normalized spacial score (nSPS) is 11.8. The molecule has 2 aromatic heterocycles. The monoisotopic (exact) mass is 385 g/mol. The molecule has 2 aromatic carbocycles. The van der Waals surface area contributed by atoms with Gasteiger partial charge in [0.2, 0.25) is 4.96 Å². The number of benzene rings is 2. The molecule has 26 heavy (non-hydrogen) atoms. The molecule has 0 spiro atoms. The first-order valence-electron chi connectivity index (χ1n) is 7.81. The predicted octanol–water partition coefficient (Wildman–Crippen LogP) is 3.27. The Bertz CT molecular complexity index is 1190. The number of aromatic nitrogens is 4. The van der Waals surface area contributed by atoms with Crippen molar-refractivity contribution in [3.63, 3.8) is 0 Å². The Labute approximate surface area is 154 Å². The number of nitrogens with one attached hydrogen (secondary N) is 1. The van der Waals surface area contributed by atoms with Crippen LogP contribution in [0.3, 0.4) is 0 Å². The zero-order valence-corrected chi connectivity index (χ0v) is 15.7. The van der Waals surface area contributed by atoms with Crippen LogP contribution in [0.4, 0.5) is 5.69 Å². The summed E-state index contributed by atoms with van der Waals surface area (Å²) in [6.07, 6.45) is 0. The van der Waals surface area contributed by atoms with E-state index in [1.54, 1.807) is 47.0 Å². The molecule has 132 valence electrons. The lowest BCUT2D eigenvalue weighted by atomic mass is 10.2. The molecule has 0 atom stereocenters. The number of hydrogen-bond acceptors (Lipinski definition) is 6. The third-order valence-electron chi connectivity index (χ3n) is 3.84. The van der Waals surface area contributed by atoms with Crippen LogP contribution >= 0.6 is 11.3 Å². The third kappa shape index (κ3) is 3.06. The zero-order valence-electron chi connectivity index (χ0n) is 14.0. The summed E-state index contributed by atoms with van der Waals surface area (Å²) in [7, 11) is -3.64. The molecule has 0 fully saturated rings. The van der Waals surface area contributed by atoms with Crippen molar-refractivity contribution in [3.05, 3.63) is 59.9 Å². The maximum Gasteiger partial charge on any atom is 0.261 e. The molecule has 0 radical (unpaired) electrons. The third-order valence-corrected chi connectivity index (χ3v) is 6.18. The minimum atomic E-state index is -3.64. The quantitative estimate of drug-likeness (QED) is 0.582. The van der Waals surface area contributed by atoms with Gasteiger partial charge >= 0.3 is 0 Å². The van der Waals surface area contributed by atoms with Gasteiger partial charge in [-0.25, -0.2) is 8.42 Å². The summed E-state index contributed by atoms with van der Waals surface area (Å²) < 4.78 is 29.4. The molecule has 0 amide bonds. The second-order valence-corrected chi connectivity index (χ2v) is 8.49. The van der Waals surface area contributed by atoms with Gasteiger partial charge in [-0.15, -0.1) is 10.2 Å². The van der Waals surface area contributed by atoms with Crippen LogP contribution in [0.25, 0.3) is 15.5 Å². The highest BCUT2D eigenvalue weighted by Crippen LogP contribution is 2.28. The molecular formula is C17H15N5O2S2. The van der Waals surface area contributed by atoms with E-state index in [9.17, 15) is 8.42 Å². The number of fused-ring (bicyclic) bond motifs is 1. The Morgan fingerprint density at radius 1 is 1.04 bits per heavy atom. The molecule has 0 bridgehead atoms. The van der Waals surface area contributed by atoms with E-state index >= 15 is 0 Å². The maximum absolute atomic E-state index is 12.6. The first kappa shape index (κ1) is 16.7. The van der Waals surface area contributed by atoms with Gasteiger partial charge in [0.25, 0.3) is 10.0 Å². The van der Waals surface area contributed by atoms with E-state index in [2.05, 4.69) is 20.0 Å². The van der Waals surface area contributed by atoms with Crippen molar-refractivity contribution in [2.24, 2.45) is 0 Å². The Morgan fingerprint density at radius 2 is 1.81 bits per heavy atom. The average molecular weight is 385 g/mol. The van der Waals surface area contributed by atoms with E-state index in [1.165, 1.54) is 11.3 Å². The number of anilines is 1. The van der Waals surface area contributed by atoms with Gasteiger partial charge in [-0.2, -0.15) is 9.61 Å². The van der Waals surface area contributed by atoms with Crippen LogP contribution in [0.1, 0.15) is 11.4 Å². The predicted molar refractivity (Wildman–Crippen MR) is 101 cm³/mol. The van der Waals surface area contributed by atoms with Crippen molar-refractivity contribution in [3.8, 4) is 10.6 Å². The van der Waals surface area contributed by atoms with E-state index in [-0.39, 0.29) is 4.90 Å². The van der Waals surface area contributed by atoms with Gasteiger partial charge in [0.05, 0.1) is 4.90 Å². The molecule has 4 rings (SSSR count). The minimum Gasteiger partial charge on any atom is -0.280 e. The van der Waals surface area contributed by atoms with Gasteiger partial charge in [0.15, 0.2) is 5.82 Å². The molecule has 1 N–H and O–H groups in total. The lowest BCUT2D eigenvalue weighted by molar-refractivity contribution is 0.601. The summed E-state index contributed by atoms with van der Waals surface area (Å²) in [4.78, 5) is 0.922. The summed E-state index contributed by atoms with van der Waals surface area (Å²) in [5.41, 5.74) is 2.29. The van der Waals surface area contributed by atoms with Crippen LogP contribution in [0.5, 0.6) is 0 Å². The molecule has 9 heteroatoms. The zero-order chi connectivity index (χ0) is 18.3. The van der Waals surface area contributed by atoms with Crippen LogP contribution in [0.2, 0.25) is 0 Å². The highest BCUT2D eigenvalue weighted by molar-refractivity contribution is 7.92. The van der Waals surface area contributed by atoms with Crippen LogP contribution in [0, 0.1) is 13.8 Å². The highest BCUT2D eigenvalue weighted by Gasteiger charge is 2.15. The van der Waals surface area contributed by atoms with E-state index in [1.807, 2.05) is 19.9 Å². The first-order valence-corrected chi connectivity index (χ1v) is 10.1. The number of hydrogen-bond donors (Lipinski definition) is 1. The second-order valence-electron chi connectivity index (χ2n) is 5.85. The first-order chi connectivity index (χ1) is 12.4. The summed E-state index contributed by atoms with van der Waals surface area (Å²) in [6.45, 7) is 3.74. The van der Waals surface area contributed by atoms with Crippen molar-refractivity contribution in [2.75, 3.05) is 4.72 Å². The smallest absolute Gasteiger partial charge is 0.261 e. The Hall–Kier alpha value is -2.78. The van der Waals surface area contributed by atoms with Crippen LogP contribution in [-0.4, -0.2) is 28.2 Å². The summed E-state index contributed by atoms with van der Waals surface area (Å²) in [5.74, 6) is 0.707. The van der Waals surface area contributed by atoms with Crippen molar-refractivity contribution in [2.45, 2.75) is 18.7 Å². The number of nitrogens with zero attached hydrogens (tertiary/aromatic N) is 4. The summed E-state index contributed by atoms with van der Waals surface area (Å²) >= 11 is 1.40. The van der Waals surface area contributed by atoms with Gasteiger partial charge in [-0.3, -0.25) is 4.72 Å². The van der Waals surface area contributed by atoms with Gasteiger partial charge < -0.3 is 0 Å². The number of aryl methyl sites for hydroxylation is 2. The van der Waals surface area contributed by atoms with Crippen molar-refractivity contribution in [1.29, 1.82) is 0 Å². The lowest BCUT2D eigenvalue weighted by Crippen LogP contribution is -2.12. The van der Waals surface area contributed by atoms with E-state index < -0.39 is 10.0 Å². The standard InChI is InChI=1S/C17H15N5O2S2/c1-11-6-8-15(9-7-11)26(23,24)21-14-5-3-4-13(10-14)16-20-22-12(2)18-19-17(22)25-16/h3-10,21H,1-2H3. The van der Waals surface area contributed by atoms with Crippen LogP contribution in [0.15, 0.2) is 53.4 Å². The molecular weight excluding hydrogens is 370 g/mol. The van der Waals surface area contributed by atoms with Gasteiger partial charge in [-0.05, 0) is 38.1 Å². The van der Waals surface area contributed by atoms with Crippen molar-refractivity contribution in [1.82, 2.24) is 19.8 Å². The fourth-order valence-corrected chi connectivity index (χ4v) is 4.41. The molecule has 0 aliphatic rings. The van der Waals surface area contributed by atoms with E-state index in [0.29, 0.717) is 16.5 Å². The molecule has 7 nitrogen and oxygen atoms in total. The van der Waals surface area contributed by atoms with Crippen LogP contribution in [-0.2, 0) is 10.0 Å². The molecule has 0 aliphatic heterocycles. The molecule has 2 heterocycles. The molecule has 0 aliphatic carbocycles. The van der Waals surface area contributed by atoms with Gasteiger partial charge in [0.1, 0.15) is 5.01 Å². The topological polar surface area (TPSA) is 89.2 Å². The SMILES string of the molecule is Cc1ccc(S(=O)(=O)Nc2cccc(-c3nn4c(C)nnc4s3)c2)cc1. The Balaban J connectivity index is 1.66. The number of sulfonamides is 1.